The van der Waals surface area contributed by atoms with Crippen molar-refractivity contribution in [1.82, 2.24) is 4.90 Å². The number of carbonyl (C=O) groups excluding carboxylic acids is 1. The monoisotopic (exact) mass is 296 g/mol. The van der Waals surface area contributed by atoms with Crippen LogP contribution in [0.3, 0.4) is 0 Å². The van der Waals surface area contributed by atoms with Crippen LogP contribution in [0.25, 0.3) is 0 Å². The van der Waals surface area contributed by atoms with Crippen LogP contribution in [0.2, 0.25) is 0 Å². The lowest BCUT2D eigenvalue weighted by molar-refractivity contribution is -0.141. The van der Waals surface area contributed by atoms with Crippen LogP contribution in [0.15, 0.2) is 24.3 Å². The van der Waals surface area contributed by atoms with Crippen molar-refractivity contribution >= 4 is 17.7 Å². The third-order valence-electron chi connectivity index (χ3n) is 3.48. The maximum absolute atomic E-state index is 13.3. The topological polar surface area (TPSA) is 81.1 Å². The molecule has 2 atom stereocenters. The molecule has 0 bridgehead atoms. The number of nitrogens with zero attached hydrogens (tertiary/aromatic N) is 2. The normalized spacial score (nSPS) is 21.4. The molecule has 0 aliphatic carbocycles. The standard InChI is InChI=1S/C14H17FN2O4/c1-2-16(10-5-3-4-9(15)6-10)14(21)17-8-11(18)7-12(17)13(19)20/h3-6,11-12,18H,2,7-8H2,1H3,(H,19,20). The Morgan fingerprint density at radius 1 is 1.48 bits per heavy atom. The van der Waals surface area contributed by atoms with Crippen molar-refractivity contribution in [2.24, 2.45) is 0 Å². The quantitative estimate of drug-likeness (QED) is 0.880. The number of carboxylic acid groups (broad SMARTS) is 1. The van der Waals surface area contributed by atoms with Crippen LogP contribution in [-0.4, -0.2) is 52.3 Å². The minimum atomic E-state index is -1.16. The Hall–Kier alpha value is -2.15. The van der Waals surface area contributed by atoms with Crippen LogP contribution in [0.5, 0.6) is 0 Å². The Morgan fingerprint density at radius 2 is 2.19 bits per heavy atom. The number of rotatable bonds is 3. The molecule has 0 aromatic heterocycles. The Balaban J connectivity index is 2.26. The van der Waals surface area contributed by atoms with Crippen LogP contribution in [-0.2, 0) is 4.79 Å². The molecule has 2 N–H and O–H groups in total. The molecule has 1 aromatic rings. The Morgan fingerprint density at radius 3 is 2.76 bits per heavy atom. The number of halogens is 1. The van der Waals surface area contributed by atoms with Crippen molar-refractivity contribution in [2.45, 2.75) is 25.5 Å². The van der Waals surface area contributed by atoms with E-state index in [0.717, 1.165) is 4.90 Å². The van der Waals surface area contributed by atoms with Gasteiger partial charge in [-0.1, -0.05) is 6.07 Å². The Bertz CT molecular complexity index is 552. The van der Waals surface area contributed by atoms with Gasteiger partial charge in [0.25, 0.3) is 0 Å². The Labute approximate surface area is 121 Å². The fraction of sp³-hybridized carbons (Fsp3) is 0.429. The molecule has 6 nitrogen and oxygen atoms in total. The number of β-amino-alcohol motifs (C(OH)–C–C–N with tert-alkyl or cyclic N) is 1. The summed E-state index contributed by atoms with van der Waals surface area (Å²) in [7, 11) is 0. The summed E-state index contributed by atoms with van der Waals surface area (Å²) >= 11 is 0. The number of aliphatic carboxylic acids is 1. The van der Waals surface area contributed by atoms with Gasteiger partial charge < -0.3 is 15.1 Å². The number of benzene rings is 1. The average molecular weight is 296 g/mol. The molecule has 21 heavy (non-hydrogen) atoms. The van der Waals surface area contributed by atoms with Crippen LogP contribution >= 0.6 is 0 Å². The zero-order valence-corrected chi connectivity index (χ0v) is 11.6. The van der Waals surface area contributed by atoms with Gasteiger partial charge in [-0.3, -0.25) is 4.90 Å². The van der Waals surface area contributed by atoms with Crippen LogP contribution in [0.1, 0.15) is 13.3 Å². The van der Waals surface area contributed by atoms with Gasteiger partial charge in [-0.05, 0) is 25.1 Å². The highest BCUT2D eigenvalue weighted by Crippen LogP contribution is 2.23. The van der Waals surface area contributed by atoms with E-state index in [1.54, 1.807) is 13.0 Å². The number of aliphatic hydroxyl groups is 1. The summed E-state index contributed by atoms with van der Waals surface area (Å²) in [5.74, 6) is -1.63. The van der Waals surface area contributed by atoms with Crippen LogP contribution < -0.4 is 4.90 Å². The minimum absolute atomic E-state index is 0.00176. The average Bonchev–Trinajstić information content (AvgIpc) is 2.82. The fourth-order valence-corrected chi connectivity index (χ4v) is 2.49. The second kappa shape index (κ2) is 6.09. The van der Waals surface area contributed by atoms with E-state index in [9.17, 15) is 19.1 Å². The molecule has 1 fully saturated rings. The van der Waals surface area contributed by atoms with E-state index in [0.29, 0.717) is 5.69 Å². The molecule has 0 spiro atoms. The molecular weight excluding hydrogens is 279 g/mol. The van der Waals surface area contributed by atoms with Crippen LogP contribution in [0, 0.1) is 5.82 Å². The van der Waals surface area contributed by atoms with Crippen molar-refractivity contribution in [3.8, 4) is 0 Å². The summed E-state index contributed by atoms with van der Waals surface area (Å²) in [4.78, 5) is 26.1. The van der Waals surface area contributed by atoms with E-state index in [1.165, 1.54) is 23.1 Å². The smallest absolute Gasteiger partial charge is 0.326 e. The van der Waals surface area contributed by atoms with Crippen molar-refractivity contribution in [1.29, 1.82) is 0 Å². The van der Waals surface area contributed by atoms with E-state index in [4.69, 9.17) is 5.11 Å². The van der Waals surface area contributed by atoms with Crippen LogP contribution in [0.4, 0.5) is 14.9 Å². The first kappa shape index (κ1) is 15.2. The maximum atomic E-state index is 13.3. The predicted molar refractivity (Wildman–Crippen MR) is 73.6 cm³/mol. The number of aliphatic hydroxyl groups excluding tert-OH is 1. The second-order valence-electron chi connectivity index (χ2n) is 4.90. The zero-order chi connectivity index (χ0) is 15.6. The van der Waals surface area contributed by atoms with Gasteiger partial charge in [0.05, 0.1) is 6.10 Å². The van der Waals surface area contributed by atoms with Gasteiger partial charge in [0.2, 0.25) is 0 Å². The molecule has 7 heteroatoms. The summed E-state index contributed by atoms with van der Waals surface area (Å²) in [5.41, 5.74) is 0.355. The third-order valence-corrected chi connectivity index (χ3v) is 3.48. The third kappa shape index (κ3) is 3.13. The number of carboxylic acids is 1. The van der Waals surface area contributed by atoms with E-state index in [-0.39, 0.29) is 19.5 Å². The van der Waals surface area contributed by atoms with Gasteiger partial charge in [-0.2, -0.15) is 0 Å². The first-order chi connectivity index (χ1) is 9.93. The van der Waals surface area contributed by atoms with E-state index >= 15 is 0 Å². The largest absolute Gasteiger partial charge is 0.480 e. The first-order valence-electron chi connectivity index (χ1n) is 6.68. The molecule has 1 saturated heterocycles. The number of amides is 2. The molecule has 0 radical (unpaired) electrons. The van der Waals surface area contributed by atoms with Crippen molar-refractivity contribution in [3.05, 3.63) is 30.1 Å². The van der Waals surface area contributed by atoms with Gasteiger partial charge in [0, 0.05) is 25.2 Å². The van der Waals surface area contributed by atoms with E-state index < -0.39 is 30.0 Å². The molecule has 1 aliphatic rings. The van der Waals surface area contributed by atoms with E-state index in [2.05, 4.69) is 0 Å². The molecule has 2 unspecified atom stereocenters. The van der Waals surface area contributed by atoms with Crippen molar-refractivity contribution < 1.29 is 24.2 Å². The van der Waals surface area contributed by atoms with Gasteiger partial charge in [-0.25, -0.2) is 14.0 Å². The number of hydrogen-bond acceptors (Lipinski definition) is 3. The number of hydrogen-bond donors (Lipinski definition) is 2. The number of likely N-dealkylation sites (tertiary alicyclic amines) is 1. The minimum Gasteiger partial charge on any atom is -0.480 e. The maximum Gasteiger partial charge on any atom is 0.326 e. The number of carbonyl (C=O) groups is 2. The fourth-order valence-electron chi connectivity index (χ4n) is 2.49. The molecule has 1 heterocycles. The van der Waals surface area contributed by atoms with Gasteiger partial charge in [0.1, 0.15) is 11.9 Å². The highest BCUT2D eigenvalue weighted by Gasteiger charge is 2.40. The molecule has 2 amide bonds. The number of anilines is 1. The summed E-state index contributed by atoms with van der Waals surface area (Å²) in [6.45, 7) is 1.94. The SMILES string of the molecule is CCN(C(=O)N1CC(O)CC1C(=O)O)c1cccc(F)c1. The molecule has 1 aliphatic heterocycles. The summed E-state index contributed by atoms with van der Waals surface area (Å²) in [6, 6.07) is 3.92. The van der Waals surface area contributed by atoms with E-state index in [1.807, 2.05) is 0 Å². The molecular formula is C14H17FN2O4. The Kier molecular flexibility index (Phi) is 4.42. The lowest BCUT2D eigenvalue weighted by Gasteiger charge is -2.29. The highest BCUT2D eigenvalue weighted by atomic mass is 19.1. The molecule has 2 rings (SSSR count). The molecule has 114 valence electrons. The zero-order valence-electron chi connectivity index (χ0n) is 11.6. The lowest BCUT2D eigenvalue weighted by atomic mass is 10.2. The number of urea groups is 1. The van der Waals surface area contributed by atoms with Crippen molar-refractivity contribution in [3.63, 3.8) is 0 Å². The van der Waals surface area contributed by atoms with Crippen molar-refractivity contribution in [2.75, 3.05) is 18.0 Å². The highest BCUT2D eigenvalue weighted by molar-refractivity contribution is 5.94. The summed E-state index contributed by atoms with van der Waals surface area (Å²) in [6.07, 6.45) is -0.858. The molecule has 0 saturated carbocycles. The summed E-state index contributed by atoms with van der Waals surface area (Å²) < 4.78 is 13.3. The molecule has 1 aromatic carbocycles. The first-order valence-corrected chi connectivity index (χ1v) is 6.68. The lowest BCUT2D eigenvalue weighted by Crippen LogP contribution is -2.48. The predicted octanol–water partition coefficient (Wildman–Crippen LogP) is 1.29. The second-order valence-corrected chi connectivity index (χ2v) is 4.90. The van der Waals surface area contributed by atoms with Gasteiger partial charge in [0.15, 0.2) is 0 Å². The van der Waals surface area contributed by atoms with Gasteiger partial charge in [-0.15, -0.1) is 0 Å². The summed E-state index contributed by atoms with van der Waals surface area (Å²) in [5, 5.41) is 18.7. The van der Waals surface area contributed by atoms with Gasteiger partial charge >= 0.3 is 12.0 Å².